The van der Waals surface area contributed by atoms with Gasteiger partial charge >= 0.3 is 5.97 Å². The molecule has 3 rings (SSSR count). The molecule has 3 aromatic carbocycles. The number of rotatable bonds is 4. The van der Waals surface area contributed by atoms with E-state index in [4.69, 9.17) is 4.74 Å². The van der Waals surface area contributed by atoms with Crippen molar-refractivity contribution in [2.45, 2.75) is 6.61 Å². The molecule has 0 radical (unpaired) electrons. The Kier molecular flexibility index (Phi) is 4.01. The second kappa shape index (κ2) is 6.27. The molecule has 0 aliphatic rings. The lowest BCUT2D eigenvalue weighted by Crippen LogP contribution is -2.05. The van der Waals surface area contributed by atoms with Crippen molar-refractivity contribution in [1.29, 1.82) is 0 Å². The summed E-state index contributed by atoms with van der Waals surface area (Å²) in [7, 11) is 0. The molecule has 0 aliphatic heterocycles. The van der Waals surface area contributed by atoms with Gasteiger partial charge in [-0.3, -0.25) is 10.1 Å². The van der Waals surface area contributed by atoms with Crippen LogP contribution in [-0.2, 0) is 11.3 Å². The molecule has 0 amide bonds. The van der Waals surface area contributed by atoms with Crippen molar-refractivity contribution in [3.63, 3.8) is 0 Å². The fourth-order valence-corrected chi connectivity index (χ4v) is 2.28. The first-order valence-electron chi connectivity index (χ1n) is 7.03. The molecule has 0 aromatic heterocycles. The van der Waals surface area contributed by atoms with Gasteiger partial charge in [-0.1, -0.05) is 36.4 Å². The van der Waals surface area contributed by atoms with E-state index in [1.165, 1.54) is 24.3 Å². The predicted octanol–water partition coefficient (Wildman–Crippen LogP) is 4.11. The molecule has 23 heavy (non-hydrogen) atoms. The van der Waals surface area contributed by atoms with Crippen LogP contribution in [0.1, 0.15) is 15.9 Å². The molecule has 0 bridgehead atoms. The topological polar surface area (TPSA) is 69.4 Å². The van der Waals surface area contributed by atoms with Crippen molar-refractivity contribution in [3.05, 3.63) is 88.0 Å². The summed E-state index contributed by atoms with van der Waals surface area (Å²) >= 11 is 0. The third-order valence-electron chi connectivity index (χ3n) is 3.50. The first kappa shape index (κ1) is 14.7. The van der Waals surface area contributed by atoms with Crippen molar-refractivity contribution >= 4 is 22.4 Å². The molecule has 0 N–H and O–H groups in total. The molecule has 0 spiro atoms. The maximum absolute atomic E-state index is 12.0. The fraction of sp³-hybridized carbons (Fsp3) is 0.0556. The maximum atomic E-state index is 12.0. The zero-order valence-electron chi connectivity index (χ0n) is 12.1. The number of esters is 1. The summed E-state index contributed by atoms with van der Waals surface area (Å²) in [5.41, 5.74) is 1.12. The summed E-state index contributed by atoms with van der Waals surface area (Å²) in [4.78, 5) is 22.1. The van der Waals surface area contributed by atoms with Crippen LogP contribution in [0, 0.1) is 10.1 Å². The summed E-state index contributed by atoms with van der Waals surface area (Å²) in [5, 5.41) is 12.8. The van der Waals surface area contributed by atoms with E-state index in [-0.39, 0.29) is 17.9 Å². The third kappa shape index (κ3) is 3.35. The molecule has 0 heterocycles. The standard InChI is InChI=1S/C18H13NO4/c20-18(15-7-9-17(10-8-15)19(21)22)23-12-13-5-6-14-3-1-2-4-16(14)11-13/h1-11H,12H2. The fourth-order valence-electron chi connectivity index (χ4n) is 2.28. The SMILES string of the molecule is O=C(OCc1ccc2ccccc2c1)c1ccc([N+](=O)[O-])cc1. The Balaban J connectivity index is 1.68. The molecule has 0 saturated carbocycles. The van der Waals surface area contributed by atoms with Gasteiger partial charge in [0.15, 0.2) is 0 Å². The number of non-ortho nitro benzene ring substituents is 1. The van der Waals surface area contributed by atoms with Crippen LogP contribution in [0.2, 0.25) is 0 Å². The van der Waals surface area contributed by atoms with Gasteiger partial charge < -0.3 is 4.74 Å². The minimum atomic E-state index is -0.510. The van der Waals surface area contributed by atoms with Crippen LogP contribution in [0.5, 0.6) is 0 Å². The highest BCUT2D eigenvalue weighted by Gasteiger charge is 2.10. The lowest BCUT2D eigenvalue weighted by molar-refractivity contribution is -0.384. The normalized spacial score (nSPS) is 10.4. The summed E-state index contributed by atoms with van der Waals surface area (Å²) in [6.07, 6.45) is 0. The first-order chi connectivity index (χ1) is 11.1. The van der Waals surface area contributed by atoms with Crippen LogP contribution in [0.4, 0.5) is 5.69 Å². The van der Waals surface area contributed by atoms with E-state index in [1.807, 2.05) is 42.5 Å². The smallest absolute Gasteiger partial charge is 0.338 e. The van der Waals surface area contributed by atoms with Gasteiger partial charge in [0.2, 0.25) is 0 Å². The average molecular weight is 307 g/mol. The van der Waals surface area contributed by atoms with Crippen molar-refractivity contribution < 1.29 is 14.5 Å². The van der Waals surface area contributed by atoms with E-state index in [9.17, 15) is 14.9 Å². The summed E-state index contributed by atoms with van der Waals surface area (Å²) < 4.78 is 5.25. The quantitative estimate of drug-likeness (QED) is 0.413. The molecule has 0 unspecified atom stereocenters. The van der Waals surface area contributed by atoms with Crippen LogP contribution in [0.25, 0.3) is 10.8 Å². The Bertz CT molecular complexity index is 872. The molecular weight excluding hydrogens is 294 g/mol. The van der Waals surface area contributed by atoms with Crippen molar-refractivity contribution in [1.82, 2.24) is 0 Å². The zero-order valence-corrected chi connectivity index (χ0v) is 12.1. The highest BCUT2D eigenvalue weighted by molar-refractivity contribution is 5.89. The van der Waals surface area contributed by atoms with E-state index in [1.54, 1.807) is 0 Å². The Morgan fingerprint density at radius 2 is 1.65 bits per heavy atom. The molecule has 0 atom stereocenters. The van der Waals surface area contributed by atoms with E-state index in [2.05, 4.69) is 0 Å². The van der Waals surface area contributed by atoms with E-state index < -0.39 is 10.9 Å². The van der Waals surface area contributed by atoms with Crippen LogP contribution in [0.3, 0.4) is 0 Å². The van der Waals surface area contributed by atoms with E-state index in [0.717, 1.165) is 16.3 Å². The van der Waals surface area contributed by atoms with Crippen LogP contribution in [-0.4, -0.2) is 10.9 Å². The lowest BCUT2D eigenvalue weighted by atomic mass is 10.1. The highest BCUT2D eigenvalue weighted by Crippen LogP contribution is 2.17. The van der Waals surface area contributed by atoms with Crippen molar-refractivity contribution in [2.24, 2.45) is 0 Å². The minimum Gasteiger partial charge on any atom is -0.457 e. The van der Waals surface area contributed by atoms with Gasteiger partial charge in [0.25, 0.3) is 5.69 Å². The largest absolute Gasteiger partial charge is 0.457 e. The summed E-state index contributed by atoms with van der Waals surface area (Å²) in [6, 6.07) is 19.1. The van der Waals surface area contributed by atoms with Gasteiger partial charge in [-0.15, -0.1) is 0 Å². The van der Waals surface area contributed by atoms with Gasteiger partial charge in [0.1, 0.15) is 6.61 Å². The monoisotopic (exact) mass is 307 g/mol. The van der Waals surface area contributed by atoms with E-state index >= 15 is 0 Å². The maximum Gasteiger partial charge on any atom is 0.338 e. The minimum absolute atomic E-state index is 0.0592. The Morgan fingerprint density at radius 1 is 0.957 bits per heavy atom. The molecular formula is C18H13NO4. The molecule has 114 valence electrons. The number of nitrogens with zero attached hydrogens (tertiary/aromatic N) is 1. The number of nitro groups is 1. The second-order valence-electron chi connectivity index (χ2n) is 5.06. The molecule has 0 saturated heterocycles. The number of ether oxygens (including phenoxy) is 1. The number of benzene rings is 3. The Hall–Kier alpha value is -3.21. The number of nitro benzene ring substituents is 1. The predicted molar refractivity (Wildman–Crippen MR) is 86.2 cm³/mol. The van der Waals surface area contributed by atoms with Crippen molar-refractivity contribution in [3.8, 4) is 0 Å². The summed E-state index contributed by atoms with van der Waals surface area (Å²) in [6.45, 7) is 0.153. The van der Waals surface area contributed by atoms with Crippen LogP contribution < -0.4 is 0 Å². The molecule has 5 nitrogen and oxygen atoms in total. The average Bonchev–Trinajstić information content (AvgIpc) is 2.59. The molecule has 0 fully saturated rings. The molecule has 0 aliphatic carbocycles. The highest BCUT2D eigenvalue weighted by atomic mass is 16.6. The van der Waals surface area contributed by atoms with Crippen LogP contribution >= 0.6 is 0 Å². The number of carbonyl (C=O) groups excluding carboxylic acids is 1. The Labute approximate surface area is 132 Å². The van der Waals surface area contributed by atoms with Gasteiger partial charge in [-0.2, -0.15) is 0 Å². The Morgan fingerprint density at radius 3 is 2.35 bits per heavy atom. The second-order valence-corrected chi connectivity index (χ2v) is 5.06. The van der Waals surface area contributed by atoms with E-state index in [0.29, 0.717) is 0 Å². The number of carbonyl (C=O) groups is 1. The first-order valence-corrected chi connectivity index (χ1v) is 7.03. The number of hydrogen-bond donors (Lipinski definition) is 0. The number of hydrogen-bond acceptors (Lipinski definition) is 4. The molecule has 3 aromatic rings. The van der Waals surface area contributed by atoms with Gasteiger partial charge in [0, 0.05) is 12.1 Å². The zero-order chi connectivity index (χ0) is 16.2. The third-order valence-corrected chi connectivity index (χ3v) is 3.50. The van der Waals surface area contributed by atoms with Crippen LogP contribution in [0.15, 0.2) is 66.7 Å². The van der Waals surface area contributed by atoms with Gasteiger partial charge in [-0.05, 0) is 34.5 Å². The van der Waals surface area contributed by atoms with Gasteiger partial charge in [-0.25, -0.2) is 4.79 Å². The van der Waals surface area contributed by atoms with Crippen molar-refractivity contribution in [2.75, 3.05) is 0 Å². The summed E-state index contributed by atoms with van der Waals surface area (Å²) in [5.74, 6) is -0.506. The van der Waals surface area contributed by atoms with Gasteiger partial charge in [0.05, 0.1) is 10.5 Å². The lowest BCUT2D eigenvalue weighted by Gasteiger charge is -2.06. The number of fused-ring (bicyclic) bond motifs is 1. The molecule has 5 heteroatoms.